The molecule has 0 aliphatic heterocycles. The number of para-hydroxylation sites is 1. The zero-order valence-electron chi connectivity index (χ0n) is 14.6. The number of ether oxygens (including phenoxy) is 1. The van der Waals surface area contributed by atoms with E-state index in [0.29, 0.717) is 24.1 Å². The SMILES string of the molecule is COCCn1c(C(=O)NCCCn2ccnc2)nc2ccccc2c1=O. The van der Waals surface area contributed by atoms with E-state index >= 15 is 0 Å². The smallest absolute Gasteiger partial charge is 0.287 e. The van der Waals surface area contributed by atoms with Gasteiger partial charge in [0.05, 0.1) is 30.4 Å². The van der Waals surface area contributed by atoms with E-state index < -0.39 is 0 Å². The van der Waals surface area contributed by atoms with Crippen molar-refractivity contribution < 1.29 is 9.53 Å². The third-order valence-corrected chi connectivity index (χ3v) is 4.02. The number of carbonyl (C=O) groups is 1. The van der Waals surface area contributed by atoms with Crippen LogP contribution in [0.15, 0.2) is 47.8 Å². The quantitative estimate of drug-likeness (QED) is 0.610. The minimum atomic E-state index is -0.366. The summed E-state index contributed by atoms with van der Waals surface area (Å²) in [6.07, 6.45) is 6.06. The monoisotopic (exact) mass is 355 g/mol. The van der Waals surface area contributed by atoms with Crippen LogP contribution in [0.3, 0.4) is 0 Å². The molecule has 1 aromatic carbocycles. The van der Waals surface area contributed by atoms with E-state index in [1.54, 1.807) is 43.9 Å². The van der Waals surface area contributed by atoms with Crippen LogP contribution in [0.2, 0.25) is 0 Å². The first-order valence-corrected chi connectivity index (χ1v) is 8.43. The van der Waals surface area contributed by atoms with Crippen LogP contribution in [0.25, 0.3) is 10.9 Å². The van der Waals surface area contributed by atoms with Gasteiger partial charge in [-0.15, -0.1) is 0 Å². The van der Waals surface area contributed by atoms with E-state index in [1.165, 1.54) is 4.57 Å². The Morgan fingerprint density at radius 2 is 2.12 bits per heavy atom. The van der Waals surface area contributed by atoms with Crippen LogP contribution >= 0.6 is 0 Å². The Morgan fingerprint density at radius 3 is 2.88 bits per heavy atom. The van der Waals surface area contributed by atoms with Gasteiger partial charge in [0.25, 0.3) is 11.5 Å². The number of benzene rings is 1. The summed E-state index contributed by atoms with van der Waals surface area (Å²) in [6, 6.07) is 7.01. The number of nitrogens with one attached hydrogen (secondary N) is 1. The molecule has 0 unspecified atom stereocenters. The van der Waals surface area contributed by atoms with Gasteiger partial charge in [-0.1, -0.05) is 12.1 Å². The summed E-state index contributed by atoms with van der Waals surface area (Å²) >= 11 is 0. The lowest BCUT2D eigenvalue weighted by molar-refractivity contribution is 0.0933. The average molecular weight is 355 g/mol. The van der Waals surface area contributed by atoms with Crippen molar-refractivity contribution in [3.8, 4) is 0 Å². The van der Waals surface area contributed by atoms with Crippen LogP contribution in [-0.4, -0.2) is 45.3 Å². The highest BCUT2D eigenvalue weighted by molar-refractivity contribution is 5.93. The second kappa shape index (κ2) is 8.39. The number of imidazole rings is 1. The number of methoxy groups -OCH3 is 1. The number of nitrogens with zero attached hydrogens (tertiary/aromatic N) is 4. The van der Waals surface area contributed by atoms with E-state index in [0.717, 1.165) is 13.0 Å². The second-order valence-electron chi connectivity index (χ2n) is 5.81. The van der Waals surface area contributed by atoms with E-state index in [2.05, 4.69) is 15.3 Å². The summed E-state index contributed by atoms with van der Waals surface area (Å²) in [6.45, 7) is 1.82. The van der Waals surface area contributed by atoms with Gasteiger partial charge < -0.3 is 14.6 Å². The first-order valence-electron chi connectivity index (χ1n) is 8.43. The Labute approximate surface area is 150 Å². The highest BCUT2D eigenvalue weighted by Gasteiger charge is 2.16. The van der Waals surface area contributed by atoms with Crippen LogP contribution in [0.1, 0.15) is 17.0 Å². The van der Waals surface area contributed by atoms with Gasteiger partial charge in [-0.25, -0.2) is 9.97 Å². The fraction of sp³-hybridized carbons (Fsp3) is 0.333. The van der Waals surface area contributed by atoms with Gasteiger partial charge in [0, 0.05) is 32.6 Å². The molecule has 26 heavy (non-hydrogen) atoms. The maximum atomic E-state index is 12.7. The molecule has 0 aliphatic rings. The zero-order chi connectivity index (χ0) is 18.4. The van der Waals surface area contributed by atoms with Gasteiger partial charge in [-0.05, 0) is 18.6 Å². The molecule has 2 aromatic heterocycles. The summed E-state index contributed by atoms with van der Waals surface area (Å²) < 4.78 is 8.37. The number of aryl methyl sites for hydroxylation is 1. The lowest BCUT2D eigenvalue weighted by atomic mass is 10.2. The molecule has 0 saturated carbocycles. The van der Waals surface area contributed by atoms with E-state index in [-0.39, 0.29) is 23.8 Å². The van der Waals surface area contributed by atoms with Crippen molar-refractivity contribution in [1.29, 1.82) is 0 Å². The van der Waals surface area contributed by atoms with E-state index in [9.17, 15) is 9.59 Å². The number of rotatable bonds is 8. The number of amides is 1. The van der Waals surface area contributed by atoms with Crippen LogP contribution in [-0.2, 0) is 17.8 Å². The van der Waals surface area contributed by atoms with Crippen molar-refractivity contribution in [1.82, 2.24) is 24.4 Å². The van der Waals surface area contributed by atoms with E-state index in [1.807, 2.05) is 10.8 Å². The Balaban J connectivity index is 1.77. The van der Waals surface area contributed by atoms with Gasteiger partial charge in [0.1, 0.15) is 0 Å². The molecule has 0 atom stereocenters. The zero-order valence-corrected chi connectivity index (χ0v) is 14.6. The van der Waals surface area contributed by atoms with Crippen LogP contribution in [0, 0.1) is 0 Å². The average Bonchev–Trinajstić information content (AvgIpc) is 3.18. The van der Waals surface area contributed by atoms with Crippen molar-refractivity contribution >= 4 is 16.8 Å². The summed E-state index contributed by atoms with van der Waals surface area (Å²) in [5.74, 6) is -0.261. The first-order chi connectivity index (χ1) is 12.7. The van der Waals surface area contributed by atoms with Crippen molar-refractivity contribution in [2.45, 2.75) is 19.5 Å². The third-order valence-electron chi connectivity index (χ3n) is 4.02. The minimum absolute atomic E-state index is 0.105. The Kier molecular flexibility index (Phi) is 5.75. The second-order valence-corrected chi connectivity index (χ2v) is 5.81. The normalized spacial score (nSPS) is 11.0. The summed E-state index contributed by atoms with van der Waals surface area (Å²) in [5.41, 5.74) is 0.269. The van der Waals surface area contributed by atoms with Gasteiger partial charge in [0.15, 0.2) is 0 Å². The predicted molar refractivity (Wildman–Crippen MR) is 97.1 cm³/mol. The number of fused-ring (bicyclic) bond motifs is 1. The molecule has 2 heterocycles. The summed E-state index contributed by atoms with van der Waals surface area (Å²) in [7, 11) is 1.55. The van der Waals surface area contributed by atoms with Crippen molar-refractivity contribution in [2.75, 3.05) is 20.3 Å². The molecule has 136 valence electrons. The molecule has 8 heteroatoms. The highest BCUT2D eigenvalue weighted by Crippen LogP contribution is 2.08. The fourth-order valence-corrected chi connectivity index (χ4v) is 2.69. The number of carbonyl (C=O) groups excluding carboxylic acids is 1. The highest BCUT2D eigenvalue weighted by atomic mass is 16.5. The standard InChI is InChI=1S/C18H21N5O3/c1-26-12-11-23-16(21-15-6-3-2-5-14(15)18(23)25)17(24)20-7-4-9-22-10-8-19-13-22/h2-3,5-6,8,10,13H,4,7,9,11-12H2,1H3,(H,20,24). The number of aromatic nitrogens is 4. The lowest BCUT2D eigenvalue weighted by Gasteiger charge is -2.13. The van der Waals surface area contributed by atoms with Gasteiger partial charge in [0.2, 0.25) is 5.82 Å². The van der Waals surface area contributed by atoms with Gasteiger partial charge in [-0.3, -0.25) is 14.2 Å². The van der Waals surface area contributed by atoms with Gasteiger partial charge >= 0.3 is 0 Å². The minimum Gasteiger partial charge on any atom is -0.383 e. The van der Waals surface area contributed by atoms with E-state index in [4.69, 9.17) is 4.74 Å². The molecule has 0 fully saturated rings. The Morgan fingerprint density at radius 1 is 1.27 bits per heavy atom. The fourth-order valence-electron chi connectivity index (χ4n) is 2.69. The maximum absolute atomic E-state index is 12.7. The molecule has 8 nitrogen and oxygen atoms in total. The third kappa shape index (κ3) is 3.97. The number of hydrogen-bond acceptors (Lipinski definition) is 5. The van der Waals surface area contributed by atoms with Gasteiger partial charge in [-0.2, -0.15) is 0 Å². The largest absolute Gasteiger partial charge is 0.383 e. The predicted octanol–water partition coefficient (Wildman–Crippen LogP) is 1.06. The van der Waals surface area contributed by atoms with Crippen LogP contribution in [0.4, 0.5) is 0 Å². The molecule has 1 N–H and O–H groups in total. The maximum Gasteiger partial charge on any atom is 0.287 e. The molecule has 0 saturated heterocycles. The molecular weight excluding hydrogens is 334 g/mol. The summed E-state index contributed by atoms with van der Waals surface area (Å²) in [4.78, 5) is 33.7. The first kappa shape index (κ1) is 17.8. The molecule has 0 spiro atoms. The van der Waals surface area contributed by atoms with Crippen LogP contribution in [0.5, 0.6) is 0 Å². The molecule has 0 bridgehead atoms. The Hall–Kier alpha value is -3.00. The Bertz CT molecular complexity index is 934. The molecule has 0 aliphatic carbocycles. The summed E-state index contributed by atoms with van der Waals surface area (Å²) in [5, 5.41) is 3.32. The molecule has 3 rings (SSSR count). The molecule has 0 radical (unpaired) electrons. The molecule has 1 amide bonds. The molecule has 3 aromatic rings. The van der Waals surface area contributed by atoms with Crippen LogP contribution < -0.4 is 10.9 Å². The van der Waals surface area contributed by atoms with Crippen molar-refractivity contribution in [2.24, 2.45) is 0 Å². The number of hydrogen-bond donors (Lipinski definition) is 1. The topological polar surface area (TPSA) is 91.0 Å². The van der Waals surface area contributed by atoms with Crippen molar-refractivity contribution in [3.05, 3.63) is 59.2 Å². The lowest BCUT2D eigenvalue weighted by Crippen LogP contribution is -2.35. The molecular formula is C18H21N5O3. The van der Waals surface area contributed by atoms with Crippen molar-refractivity contribution in [3.63, 3.8) is 0 Å².